The fourth-order valence-corrected chi connectivity index (χ4v) is 4.22. The van der Waals surface area contributed by atoms with Gasteiger partial charge in [0.2, 0.25) is 0 Å². The summed E-state index contributed by atoms with van der Waals surface area (Å²) in [5.41, 5.74) is 3.43. The number of para-hydroxylation sites is 1. The lowest BCUT2D eigenvalue weighted by atomic mass is 9.95. The lowest BCUT2D eigenvalue weighted by Crippen LogP contribution is -2.31. The third-order valence-electron chi connectivity index (χ3n) is 5.88. The van der Waals surface area contributed by atoms with Crippen LogP contribution in [0.4, 0.5) is 0 Å². The zero-order chi connectivity index (χ0) is 23.2. The second kappa shape index (κ2) is 10.5. The Morgan fingerprint density at radius 2 is 1.85 bits per heavy atom. The number of amides is 1. The number of hydrogen-bond donors (Lipinski definition) is 2. The Balaban J connectivity index is 1.69. The van der Waals surface area contributed by atoms with Gasteiger partial charge in [-0.25, -0.2) is 0 Å². The number of hydrogen-bond acceptors (Lipinski definition) is 5. The number of phenols is 1. The van der Waals surface area contributed by atoms with Crippen molar-refractivity contribution in [1.29, 1.82) is 0 Å². The molecule has 0 radical (unpaired) electrons. The number of aromatic nitrogens is 2. The van der Waals surface area contributed by atoms with E-state index in [0.717, 1.165) is 36.1 Å². The minimum atomic E-state index is -0.313. The van der Waals surface area contributed by atoms with E-state index in [-0.39, 0.29) is 17.7 Å². The largest absolute Gasteiger partial charge is 0.507 e. The highest BCUT2D eigenvalue weighted by Gasteiger charge is 2.42. The number of rotatable bonds is 11. The molecule has 33 heavy (non-hydrogen) atoms. The van der Waals surface area contributed by atoms with Gasteiger partial charge in [-0.3, -0.25) is 9.89 Å². The number of carbonyl (C=O) groups excluding carboxylic acids is 1. The van der Waals surface area contributed by atoms with E-state index in [1.165, 1.54) is 0 Å². The summed E-state index contributed by atoms with van der Waals surface area (Å²) >= 11 is 0. The fourth-order valence-electron chi connectivity index (χ4n) is 4.22. The average molecular weight is 450 g/mol. The van der Waals surface area contributed by atoms with E-state index in [0.29, 0.717) is 43.3 Å². The molecule has 1 atom stereocenters. The van der Waals surface area contributed by atoms with Gasteiger partial charge in [-0.05, 0) is 49.6 Å². The van der Waals surface area contributed by atoms with Gasteiger partial charge in [0, 0.05) is 30.9 Å². The Labute approximate surface area is 194 Å². The summed E-state index contributed by atoms with van der Waals surface area (Å²) in [7, 11) is 0. The molecule has 0 bridgehead atoms. The van der Waals surface area contributed by atoms with Gasteiger partial charge in [0.25, 0.3) is 5.91 Å². The number of unbranched alkanes of at least 4 members (excludes halogenated alkanes) is 1. The smallest absolute Gasteiger partial charge is 0.273 e. The summed E-state index contributed by atoms with van der Waals surface area (Å²) in [6.07, 6.45) is 2.82. The van der Waals surface area contributed by atoms with Crippen LogP contribution in [0.5, 0.6) is 11.5 Å². The topological polar surface area (TPSA) is 87.7 Å². The molecule has 1 unspecified atom stereocenters. The van der Waals surface area contributed by atoms with Crippen molar-refractivity contribution in [2.45, 2.75) is 39.2 Å². The first kappa shape index (κ1) is 22.9. The molecule has 2 N–H and O–H groups in total. The van der Waals surface area contributed by atoms with Crippen LogP contribution in [0.1, 0.15) is 60.8 Å². The molecule has 7 heteroatoms. The summed E-state index contributed by atoms with van der Waals surface area (Å²) in [5.74, 6) is 0.851. The number of phenolic OH excluding ortho intramolecular Hbond substituents is 1. The second-order valence-corrected chi connectivity index (χ2v) is 8.10. The van der Waals surface area contributed by atoms with Crippen LogP contribution in [-0.2, 0) is 4.74 Å². The zero-order valence-corrected chi connectivity index (χ0v) is 19.2. The summed E-state index contributed by atoms with van der Waals surface area (Å²) in [4.78, 5) is 15.2. The van der Waals surface area contributed by atoms with E-state index in [2.05, 4.69) is 17.1 Å². The second-order valence-electron chi connectivity index (χ2n) is 8.10. The van der Waals surface area contributed by atoms with E-state index in [1.54, 1.807) is 12.1 Å². The van der Waals surface area contributed by atoms with Crippen LogP contribution in [0, 0.1) is 0 Å². The molecule has 0 spiro atoms. The number of aromatic hydroxyl groups is 1. The number of fused-ring (bicyclic) bond motifs is 1. The molecule has 2 heterocycles. The monoisotopic (exact) mass is 449 g/mol. The van der Waals surface area contributed by atoms with E-state index < -0.39 is 0 Å². The molecule has 0 saturated heterocycles. The number of nitrogens with one attached hydrogen (secondary N) is 1. The predicted molar refractivity (Wildman–Crippen MR) is 127 cm³/mol. The molecule has 1 aromatic heterocycles. The van der Waals surface area contributed by atoms with Crippen molar-refractivity contribution in [2.24, 2.45) is 0 Å². The van der Waals surface area contributed by atoms with Crippen LogP contribution < -0.4 is 4.74 Å². The molecule has 174 valence electrons. The van der Waals surface area contributed by atoms with Gasteiger partial charge in [-0.15, -0.1) is 0 Å². The summed E-state index contributed by atoms with van der Waals surface area (Å²) in [5, 5.41) is 17.8. The summed E-state index contributed by atoms with van der Waals surface area (Å²) < 4.78 is 11.3. The van der Waals surface area contributed by atoms with Gasteiger partial charge in [0.05, 0.1) is 12.6 Å². The highest BCUT2D eigenvalue weighted by molar-refractivity contribution is 6.00. The third kappa shape index (κ3) is 4.73. The number of benzene rings is 2. The molecule has 7 nitrogen and oxygen atoms in total. The van der Waals surface area contributed by atoms with Crippen molar-refractivity contribution in [3.63, 3.8) is 0 Å². The van der Waals surface area contributed by atoms with Crippen molar-refractivity contribution in [3.8, 4) is 22.8 Å². The first-order valence-electron chi connectivity index (χ1n) is 11.6. The van der Waals surface area contributed by atoms with Gasteiger partial charge in [0.1, 0.15) is 22.9 Å². The summed E-state index contributed by atoms with van der Waals surface area (Å²) in [6, 6.07) is 14.7. The minimum absolute atomic E-state index is 0.0936. The van der Waals surface area contributed by atoms with Crippen molar-refractivity contribution < 1.29 is 19.4 Å². The summed E-state index contributed by atoms with van der Waals surface area (Å²) in [6.45, 7) is 6.58. The molecule has 1 aliphatic heterocycles. The van der Waals surface area contributed by atoms with E-state index in [1.807, 2.05) is 48.2 Å². The highest BCUT2D eigenvalue weighted by atomic mass is 16.5. The van der Waals surface area contributed by atoms with Crippen LogP contribution >= 0.6 is 0 Å². The van der Waals surface area contributed by atoms with Crippen molar-refractivity contribution in [2.75, 3.05) is 26.4 Å². The quantitative estimate of drug-likeness (QED) is 0.405. The number of aromatic amines is 1. The van der Waals surface area contributed by atoms with Crippen molar-refractivity contribution in [3.05, 3.63) is 65.4 Å². The van der Waals surface area contributed by atoms with E-state index >= 15 is 0 Å². The molecule has 4 rings (SSSR count). The molecule has 0 fully saturated rings. The predicted octanol–water partition coefficient (Wildman–Crippen LogP) is 4.93. The molecule has 3 aromatic rings. The number of H-pyrrole nitrogens is 1. The Morgan fingerprint density at radius 1 is 1.06 bits per heavy atom. The molecule has 0 saturated carbocycles. The van der Waals surface area contributed by atoms with Gasteiger partial charge < -0.3 is 19.5 Å². The first-order chi connectivity index (χ1) is 16.2. The SMILES string of the molecule is CCCCOc1ccc(C2c3c(-c4ccccc4O)n[nH]c3C(=O)N2CCCOCC)cc1. The third-order valence-corrected chi connectivity index (χ3v) is 5.88. The van der Waals surface area contributed by atoms with E-state index in [9.17, 15) is 9.90 Å². The average Bonchev–Trinajstić information content (AvgIpc) is 3.37. The lowest BCUT2D eigenvalue weighted by molar-refractivity contribution is 0.0710. The maximum absolute atomic E-state index is 13.3. The van der Waals surface area contributed by atoms with Gasteiger partial charge in [-0.1, -0.05) is 37.6 Å². The van der Waals surface area contributed by atoms with Crippen LogP contribution in [-0.4, -0.2) is 52.5 Å². The molecule has 0 aliphatic carbocycles. The molecule has 1 amide bonds. The first-order valence-corrected chi connectivity index (χ1v) is 11.6. The Morgan fingerprint density at radius 3 is 2.58 bits per heavy atom. The number of nitrogens with zero attached hydrogens (tertiary/aromatic N) is 2. The maximum atomic E-state index is 13.3. The van der Waals surface area contributed by atoms with Gasteiger partial charge in [0.15, 0.2) is 0 Å². The molecule has 2 aromatic carbocycles. The van der Waals surface area contributed by atoms with Crippen molar-refractivity contribution >= 4 is 5.91 Å². The normalized spacial score (nSPS) is 15.2. The lowest BCUT2D eigenvalue weighted by Gasteiger charge is -2.26. The van der Waals surface area contributed by atoms with Crippen LogP contribution in [0.15, 0.2) is 48.5 Å². The van der Waals surface area contributed by atoms with Gasteiger partial charge in [-0.2, -0.15) is 5.10 Å². The number of ether oxygens (including phenoxy) is 2. The number of carbonyl (C=O) groups is 1. The Hall–Kier alpha value is -3.32. The fraction of sp³-hybridized carbons (Fsp3) is 0.385. The highest BCUT2D eigenvalue weighted by Crippen LogP contribution is 2.44. The van der Waals surface area contributed by atoms with Gasteiger partial charge >= 0.3 is 0 Å². The zero-order valence-electron chi connectivity index (χ0n) is 19.2. The Bertz CT molecular complexity index is 1080. The molecular formula is C26H31N3O4. The maximum Gasteiger partial charge on any atom is 0.273 e. The van der Waals surface area contributed by atoms with E-state index in [4.69, 9.17) is 9.47 Å². The Kier molecular flexibility index (Phi) is 7.29. The molecular weight excluding hydrogens is 418 g/mol. The standard InChI is InChI=1S/C26H31N3O4/c1-3-5-17-33-19-13-11-18(12-14-19)25-22-23(20-9-6-7-10-21(20)30)27-28-24(22)26(31)29(25)15-8-16-32-4-2/h6-7,9-14,25,30H,3-5,8,15-17H2,1-2H3,(H,27,28). The van der Waals surface area contributed by atoms with Crippen LogP contribution in [0.25, 0.3) is 11.3 Å². The minimum Gasteiger partial charge on any atom is -0.507 e. The van der Waals surface area contributed by atoms with Crippen LogP contribution in [0.3, 0.4) is 0 Å². The molecule has 1 aliphatic rings. The van der Waals surface area contributed by atoms with Crippen molar-refractivity contribution in [1.82, 2.24) is 15.1 Å². The van der Waals surface area contributed by atoms with Crippen LogP contribution in [0.2, 0.25) is 0 Å².